The minimum absolute atomic E-state index is 0.125. The molecule has 0 bridgehead atoms. The lowest BCUT2D eigenvalue weighted by Gasteiger charge is -2.63. The van der Waals surface area contributed by atoms with E-state index in [9.17, 15) is 4.79 Å². The summed E-state index contributed by atoms with van der Waals surface area (Å²) in [6.07, 6.45) is 2.28. The molecule has 0 N–H and O–H groups in total. The van der Waals surface area contributed by atoms with Crippen LogP contribution in [0.2, 0.25) is 0 Å². The van der Waals surface area contributed by atoms with Gasteiger partial charge < -0.3 is 4.79 Å². The molecule has 1 fully saturated rings. The summed E-state index contributed by atoms with van der Waals surface area (Å²) in [5.41, 5.74) is 0.260. The maximum absolute atomic E-state index is 10.9. The number of carbonyl (C=O) groups excluding carboxylic acids is 1. The lowest BCUT2D eigenvalue weighted by atomic mass is 9.40. The summed E-state index contributed by atoms with van der Waals surface area (Å²) in [7, 11) is 0. The molecule has 0 amide bonds. The Kier molecular flexibility index (Phi) is 1.50. The van der Waals surface area contributed by atoms with Crippen LogP contribution >= 0.6 is 0 Å². The van der Waals surface area contributed by atoms with Crippen LogP contribution in [-0.2, 0) is 4.79 Å². The van der Waals surface area contributed by atoms with Gasteiger partial charge in [-0.1, -0.05) is 34.6 Å². The molecule has 1 nitrogen and oxygen atoms in total. The third kappa shape index (κ3) is 0.800. The third-order valence-electron chi connectivity index (χ3n) is 3.93. The zero-order valence-corrected chi connectivity index (χ0v) is 8.19. The van der Waals surface area contributed by atoms with E-state index in [0.29, 0.717) is 0 Å². The van der Waals surface area contributed by atoms with Crippen LogP contribution in [0.15, 0.2) is 0 Å². The van der Waals surface area contributed by atoms with Gasteiger partial charge in [-0.15, -0.1) is 0 Å². The van der Waals surface area contributed by atoms with Crippen molar-refractivity contribution in [3.05, 3.63) is 0 Å². The summed E-state index contributed by atoms with van der Waals surface area (Å²) in [4.78, 5) is 10.9. The Balaban J connectivity index is 2.98. The maximum Gasteiger partial charge on any atom is 0.126 e. The molecule has 0 aromatic carbocycles. The van der Waals surface area contributed by atoms with Gasteiger partial charge in [-0.2, -0.15) is 0 Å². The molecule has 11 heavy (non-hydrogen) atoms. The quantitative estimate of drug-likeness (QED) is 0.531. The van der Waals surface area contributed by atoms with E-state index in [-0.39, 0.29) is 16.2 Å². The zero-order chi connectivity index (χ0) is 8.91. The lowest BCUT2D eigenvalue weighted by Crippen LogP contribution is -2.59. The van der Waals surface area contributed by atoms with Crippen LogP contribution in [0.3, 0.4) is 0 Å². The van der Waals surface area contributed by atoms with Crippen molar-refractivity contribution in [2.75, 3.05) is 0 Å². The summed E-state index contributed by atoms with van der Waals surface area (Å²) in [5, 5.41) is 0. The fourth-order valence-corrected chi connectivity index (χ4v) is 2.60. The monoisotopic (exact) mass is 154 g/mol. The number of hydrogen-bond acceptors (Lipinski definition) is 1. The van der Waals surface area contributed by atoms with Crippen molar-refractivity contribution >= 4 is 6.29 Å². The summed E-state index contributed by atoms with van der Waals surface area (Å²) < 4.78 is 0. The van der Waals surface area contributed by atoms with Gasteiger partial charge in [0.25, 0.3) is 0 Å². The minimum atomic E-state index is -0.125. The predicted octanol–water partition coefficient (Wildman–Crippen LogP) is 2.65. The van der Waals surface area contributed by atoms with Gasteiger partial charge >= 0.3 is 0 Å². The number of rotatable bonds is 1. The van der Waals surface area contributed by atoms with Crippen LogP contribution in [0.1, 0.15) is 41.0 Å². The molecule has 0 spiro atoms. The standard InChI is InChI=1S/C10H18O/c1-8(2)6-9(3,4)10(8,5)7-11/h7H,6H2,1-5H3. The SMILES string of the molecule is CC1(C)CC(C)(C)C1(C)C=O. The van der Waals surface area contributed by atoms with Crippen molar-refractivity contribution in [2.24, 2.45) is 16.2 Å². The van der Waals surface area contributed by atoms with E-state index in [1.54, 1.807) is 0 Å². The average molecular weight is 154 g/mol. The fourth-order valence-electron chi connectivity index (χ4n) is 2.60. The maximum atomic E-state index is 10.9. The van der Waals surface area contributed by atoms with Crippen LogP contribution in [0.25, 0.3) is 0 Å². The van der Waals surface area contributed by atoms with Crippen molar-refractivity contribution in [1.29, 1.82) is 0 Å². The van der Waals surface area contributed by atoms with Gasteiger partial charge in [0.05, 0.1) is 0 Å². The molecular weight excluding hydrogens is 136 g/mol. The fraction of sp³-hybridized carbons (Fsp3) is 0.900. The van der Waals surface area contributed by atoms with Gasteiger partial charge in [0.2, 0.25) is 0 Å². The molecule has 1 heteroatoms. The van der Waals surface area contributed by atoms with Crippen molar-refractivity contribution in [3.63, 3.8) is 0 Å². The molecule has 0 aromatic rings. The molecule has 64 valence electrons. The topological polar surface area (TPSA) is 17.1 Å². The molecule has 0 aliphatic heterocycles. The van der Waals surface area contributed by atoms with Gasteiger partial charge in [-0.3, -0.25) is 0 Å². The van der Waals surface area contributed by atoms with Crippen molar-refractivity contribution in [2.45, 2.75) is 41.0 Å². The number of hydrogen-bond donors (Lipinski definition) is 0. The molecule has 1 saturated carbocycles. The van der Waals surface area contributed by atoms with Crippen LogP contribution in [0.5, 0.6) is 0 Å². The van der Waals surface area contributed by atoms with Gasteiger partial charge in [-0.05, 0) is 17.3 Å². The highest BCUT2D eigenvalue weighted by molar-refractivity contribution is 5.64. The lowest BCUT2D eigenvalue weighted by molar-refractivity contribution is -0.172. The first-order valence-electron chi connectivity index (χ1n) is 4.23. The second-order valence-corrected chi connectivity index (χ2v) is 5.26. The average Bonchev–Trinajstić information content (AvgIpc) is 1.83. The normalized spacial score (nSPS) is 30.6. The van der Waals surface area contributed by atoms with Crippen molar-refractivity contribution in [1.82, 2.24) is 0 Å². The first kappa shape index (κ1) is 8.76. The summed E-state index contributed by atoms with van der Waals surface area (Å²) in [6, 6.07) is 0. The molecular formula is C10H18O. The second-order valence-electron chi connectivity index (χ2n) is 5.26. The number of aldehydes is 1. The summed E-state index contributed by atoms with van der Waals surface area (Å²) >= 11 is 0. The molecule has 0 aromatic heterocycles. The molecule has 1 aliphatic carbocycles. The van der Waals surface area contributed by atoms with E-state index in [1.807, 2.05) is 0 Å². The summed E-state index contributed by atoms with van der Waals surface area (Å²) in [6.45, 7) is 10.8. The van der Waals surface area contributed by atoms with Gasteiger partial charge in [-0.25, -0.2) is 0 Å². The Bertz CT molecular complexity index is 175. The van der Waals surface area contributed by atoms with Gasteiger partial charge in [0, 0.05) is 5.41 Å². The van der Waals surface area contributed by atoms with E-state index in [0.717, 1.165) is 12.7 Å². The summed E-state index contributed by atoms with van der Waals surface area (Å²) in [5.74, 6) is 0. The van der Waals surface area contributed by atoms with Crippen molar-refractivity contribution < 1.29 is 4.79 Å². The second kappa shape index (κ2) is 1.88. The number of carbonyl (C=O) groups is 1. The predicted molar refractivity (Wildman–Crippen MR) is 46.4 cm³/mol. The van der Waals surface area contributed by atoms with Crippen molar-refractivity contribution in [3.8, 4) is 0 Å². The largest absolute Gasteiger partial charge is 0.303 e. The van der Waals surface area contributed by atoms with E-state index in [1.165, 1.54) is 0 Å². The Morgan fingerprint density at radius 3 is 1.45 bits per heavy atom. The minimum Gasteiger partial charge on any atom is -0.303 e. The van der Waals surface area contributed by atoms with Crippen LogP contribution < -0.4 is 0 Å². The zero-order valence-electron chi connectivity index (χ0n) is 8.19. The molecule has 0 unspecified atom stereocenters. The highest BCUT2D eigenvalue weighted by Gasteiger charge is 2.62. The van der Waals surface area contributed by atoms with Gasteiger partial charge in [0.15, 0.2) is 0 Å². The molecule has 0 heterocycles. The van der Waals surface area contributed by atoms with Crippen LogP contribution in [0, 0.1) is 16.2 Å². The van der Waals surface area contributed by atoms with E-state index < -0.39 is 0 Å². The van der Waals surface area contributed by atoms with Gasteiger partial charge in [0.1, 0.15) is 6.29 Å². The molecule has 0 saturated heterocycles. The Morgan fingerprint density at radius 1 is 1.00 bits per heavy atom. The highest BCUT2D eigenvalue weighted by atomic mass is 16.1. The molecule has 0 radical (unpaired) electrons. The molecule has 0 atom stereocenters. The van der Waals surface area contributed by atoms with Crippen LogP contribution in [0.4, 0.5) is 0 Å². The third-order valence-corrected chi connectivity index (χ3v) is 3.93. The smallest absolute Gasteiger partial charge is 0.126 e. The van der Waals surface area contributed by atoms with E-state index >= 15 is 0 Å². The molecule has 1 rings (SSSR count). The van der Waals surface area contributed by atoms with E-state index in [4.69, 9.17) is 0 Å². The highest BCUT2D eigenvalue weighted by Crippen LogP contribution is 2.66. The first-order valence-corrected chi connectivity index (χ1v) is 4.23. The first-order chi connectivity index (χ1) is 4.77. The Hall–Kier alpha value is -0.330. The van der Waals surface area contributed by atoms with E-state index in [2.05, 4.69) is 34.6 Å². The molecule has 1 aliphatic rings. The van der Waals surface area contributed by atoms with Crippen LogP contribution in [-0.4, -0.2) is 6.29 Å². The Labute approximate surface area is 69.2 Å². The Morgan fingerprint density at radius 2 is 1.36 bits per heavy atom.